The molecular weight excluding hydrogens is 228 g/mol. The number of hydrogen-bond donors (Lipinski definition) is 1. The number of nitrogens with one attached hydrogen (secondary N) is 1. The minimum atomic E-state index is -0.168. The van der Waals surface area contributed by atoms with Crippen LogP contribution in [0.2, 0.25) is 0 Å². The number of rotatable bonds is 7. The van der Waals surface area contributed by atoms with E-state index in [-0.39, 0.29) is 12.0 Å². The lowest BCUT2D eigenvalue weighted by atomic mass is 9.99. The molecule has 0 bridgehead atoms. The maximum atomic E-state index is 11.9. The molecule has 1 N–H and O–H groups in total. The third kappa shape index (κ3) is 5.36. The van der Waals surface area contributed by atoms with Crippen molar-refractivity contribution in [3.8, 4) is 0 Å². The molecule has 18 heavy (non-hydrogen) atoms. The van der Waals surface area contributed by atoms with E-state index in [4.69, 9.17) is 4.74 Å². The third-order valence-electron chi connectivity index (χ3n) is 3.53. The van der Waals surface area contributed by atoms with Gasteiger partial charge in [0.15, 0.2) is 0 Å². The summed E-state index contributed by atoms with van der Waals surface area (Å²) in [4.78, 5) is 14.3. The highest BCUT2D eigenvalue weighted by molar-refractivity contribution is 5.76. The van der Waals surface area contributed by atoms with Crippen molar-refractivity contribution in [2.24, 2.45) is 5.92 Å². The molecule has 4 heteroatoms. The van der Waals surface area contributed by atoms with Gasteiger partial charge in [0, 0.05) is 6.54 Å². The lowest BCUT2D eigenvalue weighted by molar-refractivity contribution is -0.146. The van der Waals surface area contributed by atoms with Gasteiger partial charge >= 0.3 is 5.97 Å². The van der Waals surface area contributed by atoms with Gasteiger partial charge in [-0.25, -0.2) is 0 Å². The summed E-state index contributed by atoms with van der Waals surface area (Å²) < 4.78 is 5.14. The zero-order chi connectivity index (χ0) is 13.4. The monoisotopic (exact) mass is 256 g/mol. The van der Waals surface area contributed by atoms with E-state index in [1.807, 2.05) is 6.92 Å². The molecule has 0 saturated carbocycles. The van der Waals surface area contributed by atoms with Crippen molar-refractivity contribution in [2.45, 2.75) is 46.1 Å². The van der Waals surface area contributed by atoms with Gasteiger partial charge in [-0.2, -0.15) is 0 Å². The molecule has 0 amide bonds. The van der Waals surface area contributed by atoms with Crippen LogP contribution >= 0.6 is 0 Å². The number of esters is 1. The topological polar surface area (TPSA) is 41.6 Å². The van der Waals surface area contributed by atoms with E-state index in [0.29, 0.717) is 6.61 Å². The Kier molecular flexibility index (Phi) is 7.28. The van der Waals surface area contributed by atoms with E-state index in [0.717, 1.165) is 38.5 Å². The van der Waals surface area contributed by atoms with Gasteiger partial charge in [-0.1, -0.05) is 13.8 Å². The summed E-state index contributed by atoms with van der Waals surface area (Å²) in [5.41, 5.74) is 0. The molecule has 1 unspecified atom stereocenters. The van der Waals surface area contributed by atoms with Crippen molar-refractivity contribution in [1.29, 1.82) is 0 Å². The van der Waals surface area contributed by atoms with Gasteiger partial charge in [0.2, 0.25) is 0 Å². The first-order valence-corrected chi connectivity index (χ1v) is 7.29. The van der Waals surface area contributed by atoms with Gasteiger partial charge in [0.05, 0.1) is 6.61 Å². The van der Waals surface area contributed by atoms with E-state index in [1.165, 1.54) is 12.8 Å². The number of likely N-dealkylation sites (tertiary alicyclic amines) is 1. The van der Waals surface area contributed by atoms with E-state index >= 15 is 0 Å². The van der Waals surface area contributed by atoms with Crippen LogP contribution in [0.5, 0.6) is 0 Å². The van der Waals surface area contributed by atoms with Crippen LogP contribution in [-0.2, 0) is 9.53 Å². The second kappa shape index (κ2) is 8.48. The number of hydrogen-bond acceptors (Lipinski definition) is 4. The number of piperidine rings is 1. The fourth-order valence-electron chi connectivity index (χ4n) is 2.29. The third-order valence-corrected chi connectivity index (χ3v) is 3.53. The van der Waals surface area contributed by atoms with Gasteiger partial charge in [-0.3, -0.25) is 4.79 Å². The molecule has 106 valence electrons. The maximum Gasteiger partial charge on any atom is 0.324 e. The van der Waals surface area contributed by atoms with Crippen LogP contribution < -0.4 is 5.32 Å². The predicted molar refractivity (Wildman–Crippen MR) is 73.6 cm³/mol. The molecule has 1 aliphatic rings. The largest absolute Gasteiger partial charge is 0.465 e. The summed E-state index contributed by atoms with van der Waals surface area (Å²) in [6.07, 6.45) is 3.51. The first-order chi connectivity index (χ1) is 8.67. The minimum Gasteiger partial charge on any atom is -0.465 e. The van der Waals surface area contributed by atoms with Crippen LogP contribution in [-0.4, -0.2) is 49.7 Å². The Labute approximate surface area is 111 Å². The van der Waals surface area contributed by atoms with Gasteiger partial charge in [-0.05, 0) is 51.7 Å². The standard InChI is InChI=1S/C14H28N2O2/c1-4-8-15-13(14(17)18-5-2)11-16-9-6-12(3)7-10-16/h12-13,15H,4-11H2,1-3H3. The van der Waals surface area contributed by atoms with Gasteiger partial charge in [0.25, 0.3) is 0 Å². The predicted octanol–water partition coefficient (Wildman–Crippen LogP) is 1.65. The van der Waals surface area contributed by atoms with E-state index in [2.05, 4.69) is 24.1 Å². The second-order valence-corrected chi connectivity index (χ2v) is 5.24. The highest BCUT2D eigenvalue weighted by Crippen LogP contribution is 2.16. The molecule has 0 aromatic carbocycles. The smallest absolute Gasteiger partial charge is 0.324 e. The molecule has 1 heterocycles. The Morgan fingerprint density at radius 1 is 1.39 bits per heavy atom. The lowest BCUT2D eigenvalue weighted by Crippen LogP contribution is -2.49. The fourth-order valence-corrected chi connectivity index (χ4v) is 2.29. The molecule has 1 rings (SSSR count). The van der Waals surface area contributed by atoms with E-state index < -0.39 is 0 Å². The molecule has 1 fully saturated rings. The highest BCUT2D eigenvalue weighted by atomic mass is 16.5. The zero-order valence-corrected chi connectivity index (χ0v) is 12.1. The molecule has 0 aromatic heterocycles. The van der Waals surface area contributed by atoms with Crippen molar-refractivity contribution in [3.63, 3.8) is 0 Å². The lowest BCUT2D eigenvalue weighted by Gasteiger charge is -2.32. The summed E-state index contributed by atoms with van der Waals surface area (Å²) >= 11 is 0. The van der Waals surface area contributed by atoms with Gasteiger partial charge in [0.1, 0.15) is 6.04 Å². The zero-order valence-electron chi connectivity index (χ0n) is 12.1. The molecule has 1 atom stereocenters. The van der Waals surface area contributed by atoms with Crippen LogP contribution in [0.3, 0.4) is 0 Å². The van der Waals surface area contributed by atoms with Crippen molar-refractivity contribution < 1.29 is 9.53 Å². The Balaban J connectivity index is 2.41. The first-order valence-electron chi connectivity index (χ1n) is 7.29. The maximum absolute atomic E-state index is 11.9. The molecule has 0 radical (unpaired) electrons. The van der Waals surface area contributed by atoms with Crippen molar-refractivity contribution in [3.05, 3.63) is 0 Å². The van der Waals surface area contributed by atoms with Crippen molar-refractivity contribution in [1.82, 2.24) is 10.2 Å². The van der Waals surface area contributed by atoms with Gasteiger partial charge < -0.3 is 15.0 Å². The second-order valence-electron chi connectivity index (χ2n) is 5.24. The number of carbonyl (C=O) groups is 1. The summed E-state index contributed by atoms with van der Waals surface area (Å²) in [6.45, 7) is 10.6. The summed E-state index contributed by atoms with van der Waals surface area (Å²) in [5.74, 6) is 0.718. The normalized spacial score (nSPS) is 19.7. The number of nitrogens with zero attached hydrogens (tertiary/aromatic N) is 1. The first kappa shape index (κ1) is 15.4. The number of ether oxygens (including phenoxy) is 1. The van der Waals surface area contributed by atoms with Crippen molar-refractivity contribution in [2.75, 3.05) is 32.8 Å². The molecule has 0 spiro atoms. The Morgan fingerprint density at radius 2 is 2.06 bits per heavy atom. The van der Waals surface area contributed by atoms with Crippen LogP contribution in [0, 0.1) is 5.92 Å². The number of carbonyl (C=O) groups excluding carboxylic acids is 1. The Hall–Kier alpha value is -0.610. The average molecular weight is 256 g/mol. The molecule has 1 aliphatic heterocycles. The molecule has 4 nitrogen and oxygen atoms in total. The summed E-state index contributed by atoms with van der Waals surface area (Å²) in [7, 11) is 0. The van der Waals surface area contributed by atoms with Crippen LogP contribution in [0.25, 0.3) is 0 Å². The summed E-state index contributed by atoms with van der Waals surface area (Å²) in [5, 5.41) is 3.30. The molecule has 0 aromatic rings. The van der Waals surface area contributed by atoms with E-state index in [9.17, 15) is 4.79 Å². The van der Waals surface area contributed by atoms with Crippen LogP contribution in [0.1, 0.15) is 40.0 Å². The SMILES string of the molecule is CCCNC(CN1CCC(C)CC1)C(=O)OCC. The van der Waals surface area contributed by atoms with E-state index in [1.54, 1.807) is 0 Å². The highest BCUT2D eigenvalue weighted by Gasteiger charge is 2.24. The quantitative estimate of drug-likeness (QED) is 0.703. The average Bonchev–Trinajstić information content (AvgIpc) is 2.37. The fraction of sp³-hybridized carbons (Fsp3) is 0.929. The van der Waals surface area contributed by atoms with Crippen molar-refractivity contribution >= 4 is 5.97 Å². The molecule has 1 saturated heterocycles. The Bertz CT molecular complexity index is 238. The minimum absolute atomic E-state index is 0.107. The molecular formula is C14H28N2O2. The summed E-state index contributed by atoms with van der Waals surface area (Å²) in [6, 6.07) is -0.168. The van der Waals surface area contributed by atoms with Crippen LogP contribution in [0.4, 0.5) is 0 Å². The molecule has 0 aliphatic carbocycles. The van der Waals surface area contributed by atoms with Gasteiger partial charge in [-0.15, -0.1) is 0 Å². The Morgan fingerprint density at radius 3 is 2.61 bits per heavy atom. The van der Waals surface area contributed by atoms with Crippen LogP contribution in [0.15, 0.2) is 0 Å².